The van der Waals surface area contributed by atoms with Crippen LogP contribution in [0.2, 0.25) is 0 Å². The molecule has 3 aromatic carbocycles. The largest absolute Gasteiger partial charge is 0.508 e. The molecule has 51 heavy (non-hydrogen) atoms. The van der Waals surface area contributed by atoms with E-state index in [-0.39, 0.29) is 53.8 Å². The van der Waals surface area contributed by atoms with Crippen LogP contribution in [0.1, 0.15) is 79.5 Å². The van der Waals surface area contributed by atoms with Crippen molar-refractivity contribution in [1.82, 2.24) is 10.3 Å². The molecule has 1 unspecified atom stereocenters. The van der Waals surface area contributed by atoms with E-state index in [0.717, 1.165) is 67.1 Å². The number of hydrogen-bond acceptors (Lipinski definition) is 8. The van der Waals surface area contributed by atoms with Gasteiger partial charge in [0.05, 0.1) is 13.7 Å². The molecule has 1 atom stereocenters. The van der Waals surface area contributed by atoms with E-state index in [1.54, 1.807) is 24.3 Å². The van der Waals surface area contributed by atoms with Crippen molar-refractivity contribution in [2.24, 2.45) is 0 Å². The number of aromatic nitrogens is 1. The lowest BCUT2D eigenvalue weighted by Gasteiger charge is -2.38. The summed E-state index contributed by atoms with van der Waals surface area (Å²) in [6, 6.07) is 17.6. The molecule has 1 aliphatic carbocycles. The Morgan fingerprint density at radius 3 is 2.51 bits per heavy atom. The Morgan fingerprint density at radius 1 is 1.02 bits per heavy atom. The number of fused-ring (bicyclic) bond motifs is 1. The molecule has 3 heterocycles. The number of nitrogens with zero attached hydrogens (tertiary/aromatic N) is 2. The summed E-state index contributed by atoms with van der Waals surface area (Å²) in [5.41, 5.74) is 6.28. The van der Waals surface area contributed by atoms with Crippen LogP contribution in [-0.2, 0) is 18.3 Å². The first kappa shape index (κ1) is 34.8. The maximum atomic E-state index is 11.7. The number of rotatable bonds is 12. The number of ether oxygens (including phenoxy) is 3. The van der Waals surface area contributed by atoms with Crippen molar-refractivity contribution in [3.05, 3.63) is 82.5 Å². The highest BCUT2D eigenvalue weighted by atomic mass is 16.5. The zero-order valence-corrected chi connectivity index (χ0v) is 29.6. The van der Waals surface area contributed by atoms with Gasteiger partial charge in [-0.15, -0.1) is 0 Å². The van der Waals surface area contributed by atoms with Gasteiger partial charge in [-0.3, -0.25) is 4.79 Å². The summed E-state index contributed by atoms with van der Waals surface area (Å²) < 4.78 is 18.3. The third-order valence-electron chi connectivity index (χ3n) is 10.8. The molecule has 0 bridgehead atoms. The molecule has 2 fully saturated rings. The van der Waals surface area contributed by atoms with Gasteiger partial charge in [-0.05, 0) is 91.7 Å². The number of carbonyl (C=O) groups excluding carboxylic acids is 1. The lowest BCUT2D eigenvalue weighted by atomic mass is 9.85. The predicted octanol–water partition coefficient (Wildman–Crippen LogP) is 5.94. The highest BCUT2D eigenvalue weighted by Crippen LogP contribution is 2.53. The number of aliphatic hydroxyl groups is 1. The van der Waals surface area contributed by atoms with Crippen LogP contribution in [0.3, 0.4) is 0 Å². The fourth-order valence-electron chi connectivity index (χ4n) is 7.87. The molecule has 1 saturated carbocycles. The molecule has 0 amide bonds. The molecule has 1 saturated heterocycles. The van der Waals surface area contributed by atoms with E-state index in [0.29, 0.717) is 36.1 Å². The van der Waals surface area contributed by atoms with Crippen molar-refractivity contribution < 1.29 is 34.3 Å². The number of phenols is 2. The molecule has 0 radical (unpaired) electrons. The first-order valence-electron chi connectivity index (χ1n) is 18.2. The van der Waals surface area contributed by atoms with Gasteiger partial charge in [-0.2, -0.15) is 0 Å². The molecule has 3 aliphatic rings. The number of nitrogens with one attached hydrogen (secondary N) is 1. The number of aromatic hydroxyl groups is 2. The van der Waals surface area contributed by atoms with Gasteiger partial charge < -0.3 is 44.7 Å². The smallest absolute Gasteiger partial charge is 0.335 e. The minimum atomic E-state index is -0.553. The number of benzene rings is 3. The number of ketones is 1. The summed E-state index contributed by atoms with van der Waals surface area (Å²) in [7, 11) is 1.46. The summed E-state index contributed by atoms with van der Waals surface area (Å²) in [5, 5.41) is 34.4. The van der Waals surface area contributed by atoms with Crippen molar-refractivity contribution in [1.29, 1.82) is 0 Å². The number of phenolic OH excluding ortho intramolecular Hbond substituents is 2. The number of aliphatic hydroxyl groups excluding tert-OH is 1. The van der Waals surface area contributed by atoms with E-state index < -0.39 is 6.10 Å². The van der Waals surface area contributed by atoms with Crippen LogP contribution in [-0.4, -0.2) is 72.4 Å². The molecule has 0 spiro atoms. The second kappa shape index (κ2) is 14.9. The van der Waals surface area contributed by atoms with E-state index in [1.165, 1.54) is 25.6 Å². The van der Waals surface area contributed by atoms with Crippen molar-refractivity contribution in [3.8, 4) is 39.9 Å². The Balaban J connectivity index is 1.23. The van der Waals surface area contributed by atoms with E-state index in [1.807, 2.05) is 0 Å². The maximum absolute atomic E-state index is 11.7. The van der Waals surface area contributed by atoms with Gasteiger partial charge in [0, 0.05) is 18.6 Å². The van der Waals surface area contributed by atoms with Crippen molar-refractivity contribution in [3.63, 3.8) is 0 Å². The van der Waals surface area contributed by atoms with Gasteiger partial charge >= 0.3 is 5.78 Å². The van der Waals surface area contributed by atoms with Crippen LogP contribution in [0.25, 0.3) is 11.1 Å². The molecule has 10 heteroatoms. The molecule has 7 rings (SSSR count). The number of piperazine rings is 1. The zero-order valence-electron chi connectivity index (χ0n) is 29.6. The standard InChI is InChI=1S/C41H48N3O7/c1-41(15-3-4-16-41)34-24-31(40(43-34)44-19-17-42-18-20-44)28-8-5-7-26(23-28)9-14-30-36(48)39(49-2)38(50-22-6-21-45)35-32(47)25-33(51-37(30)35)27-10-12-29(46)13-11-27/h5,7-8,10-13,23-24,33,42,45-46H,3-4,6,9,14-22,25H2,1-2H3,(H,47,48)/q-1/p+1. The fourth-order valence-corrected chi connectivity index (χ4v) is 7.87. The predicted molar refractivity (Wildman–Crippen MR) is 198 cm³/mol. The quantitative estimate of drug-likeness (QED) is 0.105. The highest BCUT2D eigenvalue weighted by molar-refractivity contribution is 6.05. The molecule has 270 valence electrons. The summed E-state index contributed by atoms with van der Waals surface area (Å²) in [6.07, 6.45) is 5.75. The molecule has 4 aromatic rings. The van der Waals surface area contributed by atoms with E-state index in [2.05, 4.69) is 47.5 Å². The Morgan fingerprint density at radius 2 is 1.78 bits per heavy atom. The zero-order chi connectivity index (χ0) is 35.5. The van der Waals surface area contributed by atoms with E-state index in [4.69, 9.17) is 19.2 Å². The lowest BCUT2D eigenvalue weighted by Crippen LogP contribution is -2.44. The number of methoxy groups -OCH3 is 1. The van der Waals surface area contributed by atoms with Gasteiger partial charge in [0.15, 0.2) is 17.1 Å². The van der Waals surface area contributed by atoms with Gasteiger partial charge in [0.25, 0.3) is 0 Å². The average Bonchev–Trinajstić information content (AvgIpc) is 3.80. The SMILES string of the molecule is COc1c(O)c(CCc2cccc(-c3cc(C4(C)CCCC4)[n-]c3N3CCNCC3)c2)c2c(c1OCCCO)C(=[OH+])CC(c1ccc(O)cc1)O2. The molecule has 5 N–H and O–H groups in total. The van der Waals surface area contributed by atoms with Crippen LogP contribution < -0.4 is 29.4 Å². The first-order valence-corrected chi connectivity index (χ1v) is 18.2. The molecule has 10 nitrogen and oxygen atoms in total. The topological polar surface area (TPSA) is 139 Å². The highest BCUT2D eigenvalue weighted by Gasteiger charge is 2.40. The average molecular weight is 696 g/mol. The Bertz CT molecular complexity index is 1860. The molecular weight excluding hydrogens is 646 g/mol. The minimum Gasteiger partial charge on any atom is -0.508 e. The first-order chi connectivity index (χ1) is 24.8. The molecule has 2 aliphatic heterocycles. The Kier molecular flexibility index (Phi) is 10.2. The second-order valence-electron chi connectivity index (χ2n) is 14.3. The normalized spacial score (nSPS) is 18.4. The van der Waals surface area contributed by atoms with Crippen molar-refractivity contribution >= 4 is 11.6 Å². The summed E-state index contributed by atoms with van der Waals surface area (Å²) in [5.74, 6) is 1.76. The van der Waals surface area contributed by atoms with Crippen LogP contribution in [0.5, 0.6) is 28.7 Å². The number of hydrogen-bond donors (Lipinski definition) is 4. The second-order valence-corrected chi connectivity index (χ2v) is 14.3. The number of aryl methyl sites for hydroxylation is 1. The fraction of sp³-hybridized carbons (Fsp3) is 0.439. The summed E-state index contributed by atoms with van der Waals surface area (Å²) in [6.45, 7) is 6.15. The van der Waals surface area contributed by atoms with E-state index >= 15 is 0 Å². The number of anilines is 1. The monoisotopic (exact) mass is 695 g/mol. The van der Waals surface area contributed by atoms with Gasteiger partial charge in [0.2, 0.25) is 5.75 Å². The Labute approximate surface area is 299 Å². The Hall–Kier alpha value is -4.67. The van der Waals surface area contributed by atoms with E-state index in [9.17, 15) is 20.1 Å². The van der Waals surface area contributed by atoms with Crippen LogP contribution in [0, 0.1) is 0 Å². The molecule has 1 aromatic heterocycles. The summed E-state index contributed by atoms with van der Waals surface area (Å²) in [4.78, 5) is 19.2. The van der Waals surface area contributed by atoms with Gasteiger partial charge in [0.1, 0.15) is 24.0 Å². The minimum absolute atomic E-state index is 0.0470. The van der Waals surface area contributed by atoms with Crippen LogP contribution in [0.4, 0.5) is 5.82 Å². The van der Waals surface area contributed by atoms with Gasteiger partial charge in [-0.25, -0.2) is 0 Å². The molecular formula is C41H49N3O7. The van der Waals surface area contributed by atoms with Crippen molar-refractivity contribution in [2.45, 2.75) is 69.8 Å². The van der Waals surface area contributed by atoms with Crippen LogP contribution in [0.15, 0.2) is 54.6 Å². The third kappa shape index (κ3) is 6.99. The third-order valence-corrected chi connectivity index (χ3v) is 10.8. The van der Waals surface area contributed by atoms with Crippen LogP contribution >= 0.6 is 0 Å². The maximum Gasteiger partial charge on any atom is 0.335 e. The lowest BCUT2D eigenvalue weighted by molar-refractivity contribution is 0.192. The van der Waals surface area contributed by atoms with Crippen molar-refractivity contribution in [2.75, 3.05) is 51.4 Å². The van der Waals surface area contributed by atoms with Gasteiger partial charge in [-0.1, -0.05) is 73.7 Å². The summed E-state index contributed by atoms with van der Waals surface area (Å²) >= 11 is 0.